The summed E-state index contributed by atoms with van der Waals surface area (Å²) in [6, 6.07) is 11.3. The molecule has 138 valence electrons. The number of nitrogens with one attached hydrogen (secondary N) is 1. The quantitative estimate of drug-likeness (QED) is 0.691. The summed E-state index contributed by atoms with van der Waals surface area (Å²) >= 11 is 0. The summed E-state index contributed by atoms with van der Waals surface area (Å²) in [5.41, 5.74) is 4.02. The molecule has 4 rings (SSSR count). The van der Waals surface area contributed by atoms with Gasteiger partial charge in [-0.2, -0.15) is 0 Å². The van der Waals surface area contributed by atoms with Crippen molar-refractivity contribution in [3.05, 3.63) is 47.5 Å². The van der Waals surface area contributed by atoms with Gasteiger partial charge in [-0.25, -0.2) is 4.98 Å². The van der Waals surface area contributed by atoms with E-state index in [1.807, 2.05) is 50.2 Å². The molecule has 2 aromatic carbocycles. The normalized spacial score (nSPS) is 12.4. The molecule has 0 radical (unpaired) electrons. The number of fused-ring (bicyclic) bond motifs is 2. The second-order valence-corrected chi connectivity index (χ2v) is 6.36. The number of aromatic amines is 1. The third-order valence-electron chi connectivity index (χ3n) is 4.71. The number of ether oxygens (including phenoxy) is 3. The van der Waals surface area contributed by atoms with Gasteiger partial charge in [-0.3, -0.25) is 0 Å². The molecule has 1 aromatic heterocycles. The Morgan fingerprint density at radius 1 is 1.19 bits per heavy atom. The zero-order chi connectivity index (χ0) is 19.0. The standard InChI is InChI=1S/C21H19NO5/c1-3-25-14-6-4-13(5-7-14)21-16(9-20(23)24)12(2)15-8-18-19(27-11-26-18)10-17(15)22-21/h4-8,10H,3,9,11H2,1-2H3,(H,23,24). The molecule has 6 heteroatoms. The fourth-order valence-electron chi connectivity index (χ4n) is 3.41. The van der Waals surface area contributed by atoms with Crippen LogP contribution in [-0.2, 0) is 11.2 Å². The Morgan fingerprint density at radius 2 is 1.89 bits per heavy atom. The number of hydrogen-bond donors (Lipinski definition) is 0. The summed E-state index contributed by atoms with van der Waals surface area (Å²) in [4.78, 5) is 14.7. The van der Waals surface area contributed by atoms with Crippen LogP contribution in [0, 0.1) is 6.92 Å². The maximum Gasteiger partial charge on any atom is 0.231 e. The Morgan fingerprint density at radius 3 is 2.56 bits per heavy atom. The van der Waals surface area contributed by atoms with Crippen molar-refractivity contribution in [3.8, 4) is 28.5 Å². The Kier molecular flexibility index (Phi) is 4.32. The third kappa shape index (κ3) is 3.14. The van der Waals surface area contributed by atoms with Crippen LogP contribution in [0.2, 0.25) is 0 Å². The third-order valence-corrected chi connectivity index (χ3v) is 4.71. The van der Waals surface area contributed by atoms with E-state index in [4.69, 9.17) is 14.2 Å². The van der Waals surface area contributed by atoms with E-state index in [0.29, 0.717) is 23.7 Å². The van der Waals surface area contributed by atoms with Crippen LogP contribution in [0.25, 0.3) is 22.2 Å². The molecule has 6 nitrogen and oxygen atoms in total. The number of benzene rings is 2. The van der Waals surface area contributed by atoms with Crippen LogP contribution in [0.15, 0.2) is 36.4 Å². The van der Waals surface area contributed by atoms with Crippen LogP contribution in [-0.4, -0.2) is 19.4 Å². The molecule has 0 aliphatic carbocycles. The number of carbonyl (C=O) groups excluding carboxylic acids is 1. The SMILES string of the molecule is CCOc1ccc(-c2[nH+]c3cc4c(cc3c(C)c2CC(=O)[O-])OCO4)cc1. The number of carboxylic acid groups (broad SMARTS) is 1. The van der Waals surface area contributed by atoms with Crippen LogP contribution < -0.4 is 24.3 Å². The molecule has 0 saturated heterocycles. The molecule has 0 saturated carbocycles. The predicted molar refractivity (Wildman–Crippen MR) is 96.7 cm³/mol. The Bertz CT molecular complexity index is 1030. The van der Waals surface area contributed by atoms with Gasteiger partial charge in [-0.15, -0.1) is 0 Å². The lowest BCUT2D eigenvalue weighted by Crippen LogP contribution is -2.26. The van der Waals surface area contributed by atoms with Gasteiger partial charge in [0.1, 0.15) is 5.75 Å². The van der Waals surface area contributed by atoms with Gasteiger partial charge < -0.3 is 24.1 Å². The lowest BCUT2D eigenvalue weighted by molar-refractivity contribution is -0.332. The van der Waals surface area contributed by atoms with Crippen molar-refractivity contribution < 1.29 is 29.1 Å². The molecule has 0 unspecified atom stereocenters. The maximum atomic E-state index is 11.4. The molecule has 0 fully saturated rings. The Balaban J connectivity index is 1.91. The summed E-state index contributed by atoms with van der Waals surface area (Å²) in [6.07, 6.45) is -0.185. The van der Waals surface area contributed by atoms with Gasteiger partial charge in [-0.1, -0.05) is 0 Å². The van der Waals surface area contributed by atoms with E-state index in [2.05, 4.69) is 4.98 Å². The van der Waals surface area contributed by atoms with Gasteiger partial charge in [0.25, 0.3) is 0 Å². The predicted octanol–water partition coefficient (Wildman–Crippen LogP) is 2.05. The van der Waals surface area contributed by atoms with E-state index in [9.17, 15) is 9.90 Å². The van der Waals surface area contributed by atoms with Gasteiger partial charge in [0.15, 0.2) is 11.5 Å². The van der Waals surface area contributed by atoms with Crippen molar-refractivity contribution in [1.82, 2.24) is 0 Å². The average Bonchev–Trinajstić information content (AvgIpc) is 3.11. The molecule has 0 spiro atoms. The van der Waals surface area contributed by atoms with Crippen LogP contribution in [0.4, 0.5) is 0 Å². The van der Waals surface area contributed by atoms with E-state index in [1.165, 1.54) is 0 Å². The zero-order valence-electron chi connectivity index (χ0n) is 15.1. The van der Waals surface area contributed by atoms with Crippen molar-refractivity contribution in [1.29, 1.82) is 0 Å². The molecular formula is C21H19NO5. The first-order chi connectivity index (χ1) is 13.1. The van der Waals surface area contributed by atoms with E-state index in [1.54, 1.807) is 0 Å². The van der Waals surface area contributed by atoms with Crippen molar-refractivity contribution >= 4 is 16.9 Å². The molecule has 27 heavy (non-hydrogen) atoms. The number of hydrogen-bond acceptors (Lipinski definition) is 5. The number of aryl methyl sites for hydroxylation is 1. The number of pyridine rings is 1. The highest BCUT2D eigenvalue weighted by Crippen LogP contribution is 2.37. The summed E-state index contributed by atoms with van der Waals surface area (Å²) in [7, 11) is 0. The zero-order valence-corrected chi connectivity index (χ0v) is 15.1. The summed E-state index contributed by atoms with van der Waals surface area (Å²) in [5.74, 6) is 0.970. The molecule has 0 amide bonds. The van der Waals surface area contributed by atoms with Crippen molar-refractivity contribution in [2.24, 2.45) is 0 Å². The van der Waals surface area contributed by atoms with Gasteiger partial charge in [0.05, 0.1) is 18.1 Å². The summed E-state index contributed by atoms with van der Waals surface area (Å²) < 4.78 is 16.4. The van der Waals surface area contributed by atoms with E-state index < -0.39 is 5.97 Å². The van der Waals surface area contributed by atoms with Gasteiger partial charge in [0.2, 0.25) is 18.0 Å². The smallest absolute Gasteiger partial charge is 0.231 e. The first-order valence-electron chi connectivity index (χ1n) is 8.78. The minimum Gasteiger partial charge on any atom is -0.550 e. The fourth-order valence-corrected chi connectivity index (χ4v) is 3.41. The van der Waals surface area contributed by atoms with Crippen molar-refractivity contribution in [3.63, 3.8) is 0 Å². The second kappa shape index (κ2) is 6.79. The number of aliphatic carboxylic acids is 1. The molecule has 3 aromatic rings. The minimum absolute atomic E-state index is 0.183. The minimum atomic E-state index is -1.13. The molecule has 1 N–H and O–H groups in total. The molecular weight excluding hydrogens is 346 g/mol. The lowest BCUT2D eigenvalue weighted by atomic mass is 9.95. The van der Waals surface area contributed by atoms with Crippen LogP contribution in [0.3, 0.4) is 0 Å². The number of carbonyl (C=O) groups is 1. The Labute approximate surface area is 156 Å². The first-order valence-corrected chi connectivity index (χ1v) is 8.78. The van der Waals surface area contributed by atoms with Crippen LogP contribution in [0.5, 0.6) is 17.2 Å². The number of H-pyrrole nitrogens is 1. The molecule has 0 bridgehead atoms. The van der Waals surface area contributed by atoms with Crippen molar-refractivity contribution in [2.45, 2.75) is 20.3 Å². The maximum absolute atomic E-state index is 11.4. The van der Waals surface area contributed by atoms with E-state index in [0.717, 1.165) is 33.5 Å². The molecule has 1 aliphatic heterocycles. The largest absolute Gasteiger partial charge is 0.550 e. The highest BCUT2D eigenvalue weighted by Gasteiger charge is 2.23. The topological polar surface area (TPSA) is 82.0 Å². The molecule has 0 atom stereocenters. The van der Waals surface area contributed by atoms with E-state index in [-0.39, 0.29) is 13.2 Å². The van der Waals surface area contributed by atoms with E-state index >= 15 is 0 Å². The van der Waals surface area contributed by atoms with Gasteiger partial charge in [0, 0.05) is 23.5 Å². The van der Waals surface area contributed by atoms with Crippen LogP contribution >= 0.6 is 0 Å². The van der Waals surface area contributed by atoms with Crippen molar-refractivity contribution in [2.75, 3.05) is 13.4 Å². The number of rotatable bonds is 5. The fraction of sp³-hybridized carbons (Fsp3) is 0.238. The highest BCUT2D eigenvalue weighted by molar-refractivity contribution is 5.88. The first kappa shape index (κ1) is 17.1. The number of aromatic nitrogens is 1. The average molecular weight is 365 g/mol. The van der Waals surface area contributed by atoms with Gasteiger partial charge in [-0.05, 0) is 49.7 Å². The molecule has 2 heterocycles. The summed E-state index contributed by atoms with van der Waals surface area (Å²) in [6.45, 7) is 4.61. The molecule has 1 aliphatic rings. The van der Waals surface area contributed by atoms with Gasteiger partial charge >= 0.3 is 0 Å². The Hall–Kier alpha value is -3.28. The second-order valence-electron chi connectivity index (χ2n) is 6.36. The highest BCUT2D eigenvalue weighted by atomic mass is 16.7. The number of carboxylic acids is 1. The monoisotopic (exact) mass is 365 g/mol. The lowest BCUT2D eigenvalue weighted by Gasteiger charge is -2.12. The summed E-state index contributed by atoms with van der Waals surface area (Å²) in [5, 5.41) is 12.3. The van der Waals surface area contributed by atoms with Crippen LogP contribution in [0.1, 0.15) is 18.1 Å².